The third-order valence-corrected chi connectivity index (χ3v) is 11.4. The van der Waals surface area contributed by atoms with Crippen LogP contribution >= 0.6 is 31.9 Å². The normalized spacial score (nSPS) is 14.2. The number of halogens is 8. The predicted octanol–water partition coefficient (Wildman–Crippen LogP) is 11.1. The van der Waals surface area contributed by atoms with Crippen LogP contribution in [0.15, 0.2) is 110 Å². The van der Waals surface area contributed by atoms with Crippen LogP contribution in [-0.2, 0) is 24.1 Å². The number of nitrogens with one attached hydrogen (secondary N) is 1. The minimum Gasteiger partial charge on any atom is -0.413 e. The molecule has 20 heteroatoms. The van der Waals surface area contributed by atoms with Crippen molar-refractivity contribution in [2.24, 2.45) is 0 Å². The number of anilines is 2. The number of alkyl halides is 6. The average molecular weight is 1040 g/mol. The number of rotatable bonds is 10. The molecule has 1 aromatic heterocycles. The number of ketones is 1. The lowest BCUT2D eigenvalue weighted by Crippen LogP contribution is -2.45. The Bertz CT molecular complexity index is 2420. The largest absolute Gasteiger partial charge is 0.471 e. The van der Waals surface area contributed by atoms with Crippen LogP contribution in [0.4, 0.5) is 47.3 Å². The lowest BCUT2D eigenvalue weighted by Gasteiger charge is -2.33. The van der Waals surface area contributed by atoms with E-state index in [-0.39, 0.29) is 30.1 Å². The number of benzene rings is 4. The molecule has 2 saturated heterocycles. The summed E-state index contributed by atoms with van der Waals surface area (Å²) in [5.74, 6) is -4.40. The highest BCUT2D eigenvalue weighted by Gasteiger charge is 2.39. The summed E-state index contributed by atoms with van der Waals surface area (Å²) < 4.78 is 81.4. The van der Waals surface area contributed by atoms with E-state index in [1.807, 2.05) is 58.3 Å². The van der Waals surface area contributed by atoms with Crippen molar-refractivity contribution in [3.63, 3.8) is 0 Å². The molecule has 4 aromatic carbocycles. The number of carbonyl (C=O) groups is 4. The Morgan fingerprint density at radius 1 is 0.631 bits per heavy atom. The molecule has 0 atom stereocenters. The van der Waals surface area contributed by atoms with Gasteiger partial charge in [-0.15, -0.1) is 10.2 Å². The molecule has 5 aromatic rings. The first-order valence-electron chi connectivity index (χ1n) is 20.6. The highest BCUT2D eigenvalue weighted by atomic mass is 79.9. The summed E-state index contributed by atoms with van der Waals surface area (Å²) in [4.78, 5) is 56.6. The number of carbonyl (C=O) groups excluding carboxylic acids is 4. The van der Waals surface area contributed by atoms with Gasteiger partial charge >= 0.3 is 36.2 Å². The first-order valence-corrected chi connectivity index (χ1v) is 22.2. The maximum Gasteiger partial charge on any atom is 0.471 e. The highest BCUT2D eigenvalue weighted by Crippen LogP contribution is 2.31. The molecule has 2 fully saturated rings. The third kappa shape index (κ3) is 13.6. The topological polar surface area (TPSA) is 132 Å². The smallest absolute Gasteiger partial charge is 0.413 e. The predicted molar refractivity (Wildman–Crippen MR) is 237 cm³/mol. The number of Topliss-reactive ketones (excluding diaryl/α,β-unsaturated/α-hetero) is 1. The van der Waals surface area contributed by atoms with Gasteiger partial charge in [0.25, 0.3) is 0 Å². The SMILES string of the molecule is O=C(CNC(=O)C(F)(F)F)c1ccc(CN(C(=O)N2CCCCC2)c2cccc(Br)c2)cc1.O=C(N1CCCCC1)N(Cc1ccc(-c2nnc(C(F)(F)F)o2)cc1)c1cccc(Br)c1. The Balaban J connectivity index is 0.000000215. The van der Waals surface area contributed by atoms with E-state index < -0.39 is 36.5 Å². The first-order chi connectivity index (χ1) is 31.0. The number of amides is 5. The quantitative estimate of drug-likeness (QED) is 0.109. The molecule has 7 rings (SSSR count). The van der Waals surface area contributed by atoms with Crippen molar-refractivity contribution in [1.82, 2.24) is 25.3 Å². The van der Waals surface area contributed by atoms with Gasteiger partial charge in [0.2, 0.25) is 5.89 Å². The minimum absolute atomic E-state index is 0.0707. The number of likely N-dealkylation sites (tertiary alicyclic amines) is 2. The van der Waals surface area contributed by atoms with E-state index in [0.29, 0.717) is 25.2 Å². The summed E-state index contributed by atoms with van der Waals surface area (Å²) in [6.07, 6.45) is -3.63. The van der Waals surface area contributed by atoms with Crippen LogP contribution in [0.1, 0.15) is 65.9 Å². The molecule has 3 heterocycles. The summed E-state index contributed by atoms with van der Waals surface area (Å²) >= 11 is 6.89. The van der Waals surface area contributed by atoms with Crippen LogP contribution in [0.3, 0.4) is 0 Å². The van der Waals surface area contributed by atoms with Crippen molar-refractivity contribution < 1.29 is 49.9 Å². The van der Waals surface area contributed by atoms with E-state index >= 15 is 0 Å². The molecule has 5 amide bonds. The lowest BCUT2D eigenvalue weighted by atomic mass is 10.1. The fourth-order valence-electron chi connectivity index (χ4n) is 7.07. The Hall–Kier alpha value is -5.76. The lowest BCUT2D eigenvalue weighted by molar-refractivity contribution is -0.173. The number of piperidine rings is 2. The van der Waals surface area contributed by atoms with Crippen molar-refractivity contribution in [3.05, 3.63) is 129 Å². The summed E-state index contributed by atoms with van der Waals surface area (Å²) in [6, 6.07) is 27.7. The fraction of sp³-hybridized carbons (Fsp3) is 0.333. The van der Waals surface area contributed by atoms with Crippen molar-refractivity contribution in [1.29, 1.82) is 0 Å². The van der Waals surface area contributed by atoms with Crippen LogP contribution in [0, 0.1) is 0 Å². The maximum absolute atomic E-state index is 13.3. The maximum atomic E-state index is 13.3. The van der Waals surface area contributed by atoms with Crippen molar-refractivity contribution >= 4 is 67.0 Å². The highest BCUT2D eigenvalue weighted by molar-refractivity contribution is 9.10. The Morgan fingerprint density at radius 2 is 1.09 bits per heavy atom. The van der Waals surface area contributed by atoms with E-state index in [4.69, 9.17) is 4.42 Å². The molecule has 344 valence electrons. The van der Waals surface area contributed by atoms with Gasteiger partial charge in [0, 0.05) is 57.6 Å². The van der Waals surface area contributed by atoms with Gasteiger partial charge in [-0.2, -0.15) is 26.3 Å². The average Bonchev–Trinajstić information content (AvgIpc) is 3.81. The van der Waals surface area contributed by atoms with Crippen molar-refractivity contribution in [3.8, 4) is 11.5 Å². The van der Waals surface area contributed by atoms with Gasteiger partial charge in [-0.1, -0.05) is 80.4 Å². The Labute approximate surface area is 387 Å². The summed E-state index contributed by atoms with van der Waals surface area (Å²) in [5.41, 5.74) is 3.57. The molecule has 0 saturated carbocycles. The standard InChI is InChI=1S/C23H23BrF3N3O3.C22H20BrF3N4O2/c24-18-5-4-6-19(13-18)30(22(33)29-11-2-1-3-12-29)15-16-7-9-17(10-8-16)20(31)14-28-21(32)23(25,26)27;23-17-5-4-6-18(13-17)30(21(31)29-11-2-1-3-12-29)14-15-7-9-16(10-8-15)19-27-28-20(32-19)22(24,25)26/h4-10,13H,1-3,11-12,14-15H2,(H,28,32);4-10,13H,1-3,11-12,14H2. The minimum atomic E-state index is -5.04. The summed E-state index contributed by atoms with van der Waals surface area (Å²) in [6.45, 7) is 2.65. The summed E-state index contributed by atoms with van der Waals surface area (Å²) in [7, 11) is 0. The zero-order valence-corrected chi connectivity index (χ0v) is 37.9. The monoisotopic (exact) mass is 1030 g/mol. The van der Waals surface area contributed by atoms with E-state index in [1.54, 1.807) is 51.5 Å². The molecule has 0 spiro atoms. The van der Waals surface area contributed by atoms with Gasteiger partial charge in [-0.3, -0.25) is 19.4 Å². The van der Waals surface area contributed by atoms with E-state index in [9.17, 15) is 45.5 Å². The second kappa shape index (κ2) is 21.9. The third-order valence-electron chi connectivity index (χ3n) is 10.4. The number of nitrogens with zero attached hydrogens (tertiary/aromatic N) is 6. The van der Waals surface area contributed by atoms with Crippen LogP contribution in [0.2, 0.25) is 0 Å². The molecule has 12 nitrogen and oxygen atoms in total. The summed E-state index contributed by atoms with van der Waals surface area (Å²) in [5, 5.41) is 8.10. The molecule has 0 unspecified atom stereocenters. The van der Waals surface area contributed by atoms with Crippen molar-refractivity contribution in [2.45, 2.75) is 64.0 Å². The van der Waals surface area contributed by atoms with Crippen LogP contribution in [-0.4, -0.2) is 82.6 Å². The number of aromatic nitrogens is 2. The van der Waals surface area contributed by atoms with E-state index in [1.165, 1.54) is 12.1 Å². The van der Waals surface area contributed by atoms with E-state index in [2.05, 4.69) is 42.1 Å². The van der Waals surface area contributed by atoms with Crippen LogP contribution in [0.5, 0.6) is 0 Å². The van der Waals surface area contributed by atoms with Gasteiger partial charge < -0.3 is 19.5 Å². The van der Waals surface area contributed by atoms with Crippen LogP contribution in [0.25, 0.3) is 11.5 Å². The molecule has 0 bridgehead atoms. The molecule has 2 aliphatic rings. The Morgan fingerprint density at radius 3 is 1.51 bits per heavy atom. The zero-order valence-electron chi connectivity index (χ0n) is 34.7. The van der Waals surface area contributed by atoms with Crippen molar-refractivity contribution in [2.75, 3.05) is 42.5 Å². The van der Waals surface area contributed by atoms with Gasteiger partial charge in [-0.05, 0) is 98.2 Å². The second-order valence-corrected chi connectivity index (χ2v) is 17.0. The molecule has 0 aliphatic carbocycles. The first kappa shape index (κ1) is 48.7. The molecular weight excluding hydrogens is 992 g/mol. The number of hydrogen-bond acceptors (Lipinski definition) is 7. The number of hydrogen-bond donors (Lipinski definition) is 1. The molecule has 65 heavy (non-hydrogen) atoms. The Kier molecular flexibility index (Phi) is 16.4. The van der Waals surface area contributed by atoms with Gasteiger partial charge in [0.1, 0.15) is 0 Å². The fourth-order valence-corrected chi connectivity index (χ4v) is 7.84. The molecular formula is C45H43Br2F6N7O5. The number of urea groups is 2. The molecule has 1 N–H and O–H groups in total. The van der Waals surface area contributed by atoms with Gasteiger partial charge in [0.05, 0.1) is 19.6 Å². The van der Waals surface area contributed by atoms with Crippen LogP contribution < -0.4 is 15.1 Å². The van der Waals surface area contributed by atoms with Gasteiger partial charge in [-0.25, -0.2) is 9.59 Å². The van der Waals surface area contributed by atoms with Gasteiger partial charge in [0.15, 0.2) is 5.78 Å². The zero-order chi connectivity index (χ0) is 46.7. The molecule has 2 aliphatic heterocycles. The second-order valence-electron chi connectivity index (χ2n) is 15.2. The van der Waals surface area contributed by atoms with E-state index in [0.717, 1.165) is 83.1 Å². The molecule has 0 radical (unpaired) electrons.